The van der Waals surface area contributed by atoms with Gasteiger partial charge in [-0.2, -0.15) is 0 Å². The number of carbonyl (C=O) groups is 1. The minimum Gasteiger partial charge on any atom is -0.370 e. The van der Waals surface area contributed by atoms with Crippen molar-refractivity contribution in [3.05, 3.63) is 95.8 Å². The van der Waals surface area contributed by atoms with E-state index in [0.717, 1.165) is 11.1 Å². The molecule has 3 rings (SSSR count). The second-order valence-corrected chi connectivity index (χ2v) is 6.05. The molecule has 132 valence electrons. The zero-order valence-corrected chi connectivity index (χ0v) is 14.5. The minimum absolute atomic E-state index is 0.356. The Balaban J connectivity index is 1.63. The Morgan fingerprint density at radius 3 is 2.31 bits per heavy atom. The first-order chi connectivity index (χ1) is 12.6. The highest BCUT2D eigenvalue weighted by molar-refractivity contribution is 5.78. The molecule has 1 N–H and O–H groups in total. The van der Waals surface area contributed by atoms with Crippen molar-refractivity contribution in [1.29, 1.82) is 0 Å². The maximum Gasteiger partial charge on any atom is 0.331 e. The molecule has 0 aromatic heterocycles. The van der Waals surface area contributed by atoms with Crippen molar-refractivity contribution in [2.24, 2.45) is 0 Å². The van der Waals surface area contributed by atoms with Gasteiger partial charge in [0.15, 0.2) is 0 Å². The number of nitrogens with one attached hydrogen (secondary N) is 1. The molecule has 0 unspecified atom stereocenters. The Bertz CT molecular complexity index is 866. The van der Waals surface area contributed by atoms with E-state index in [2.05, 4.69) is 5.48 Å². The molecular formula is C22H20FNO2. The van der Waals surface area contributed by atoms with Gasteiger partial charge in [-0.15, -0.1) is 5.48 Å². The maximum atomic E-state index is 14.5. The summed E-state index contributed by atoms with van der Waals surface area (Å²) in [6, 6.07) is 23.8. The molecule has 0 saturated carbocycles. The van der Waals surface area contributed by atoms with Gasteiger partial charge in [0, 0.05) is 5.56 Å². The fraction of sp³-hybridized carbons (Fsp3) is 0.136. The molecular weight excluding hydrogens is 329 g/mol. The van der Waals surface area contributed by atoms with Crippen molar-refractivity contribution in [1.82, 2.24) is 5.48 Å². The maximum absolute atomic E-state index is 14.5. The Hall–Kier alpha value is -2.98. The summed E-state index contributed by atoms with van der Waals surface area (Å²) in [5, 5.41) is 0. The molecule has 3 nitrogen and oxygen atoms in total. The van der Waals surface area contributed by atoms with Crippen LogP contribution < -0.4 is 5.48 Å². The first-order valence-corrected chi connectivity index (χ1v) is 8.47. The van der Waals surface area contributed by atoms with Crippen LogP contribution in [-0.4, -0.2) is 5.97 Å². The summed E-state index contributed by atoms with van der Waals surface area (Å²) in [5.41, 5.74) is 5.56. The minimum atomic E-state index is -0.572. The molecule has 0 bridgehead atoms. The molecule has 0 aliphatic rings. The van der Waals surface area contributed by atoms with Gasteiger partial charge in [0.2, 0.25) is 0 Å². The standard InChI is InChI=1S/C22H20FNO2/c1-16(22(25)26-24-15-17-8-4-2-5-9-17)19-12-13-20(21(23)14-19)18-10-6-3-7-11-18/h2-14,16,24H,15H2,1H3/t16-/m1/s1. The quantitative estimate of drug-likeness (QED) is 0.647. The van der Waals surface area contributed by atoms with Gasteiger partial charge < -0.3 is 4.84 Å². The molecule has 1 atom stereocenters. The van der Waals surface area contributed by atoms with Gasteiger partial charge in [0.1, 0.15) is 5.82 Å². The summed E-state index contributed by atoms with van der Waals surface area (Å²) in [6.45, 7) is 2.12. The third-order valence-corrected chi connectivity index (χ3v) is 4.22. The molecule has 0 saturated heterocycles. The smallest absolute Gasteiger partial charge is 0.331 e. The van der Waals surface area contributed by atoms with Crippen LogP contribution in [0.1, 0.15) is 24.0 Å². The van der Waals surface area contributed by atoms with Crippen molar-refractivity contribution < 1.29 is 14.0 Å². The topological polar surface area (TPSA) is 38.3 Å². The van der Waals surface area contributed by atoms with E-state index >= 15 is 0 Å². The van der Waals surface area contributed by atoms with Crippen LogP contribution in [0.25, 0.3) is 11.1 Å². The van der Waals surface area contributed by atoms with Crippen molar-refractivity contribution in [3.63, 3.8) is 0 Å². The van der Waals surface area contributed by atoms with Crippen LogP contribution in [0, 0.1) is 5.82 Å². The fourth-order valence-electron chi connectivity index (χ4n) is 2.66. The van der Waals surface area contributed by atoms with Crippen molar-refractivity contribution >= 4 is 5.97 Å². The molecule has 4 heteroatoms. The van der Waals surface area contributed by atoms with Gasteiger partial charge in [-0.05, 0) is 29.7 Å². The van der Waals surface area contributed by atoms with Gasteiger partial charge in [-0.3, -0.25) is 0 Å². The highest BCUT2D eigenvalue weighted by atomic mass is 19.1. The summed E-state index contributed by atoms with van der Waals surface area (Å²) in [5.74, 6) is -1.38. The first-order valence-electron chi connectivity index (χ1n) is 8.47. The van der Waals surface area contributed by atoms with Gasteiger partial charge in [-0.25, -0.2) is 9.18 Å². The van der Waals surface area contributed by atoms with Gasteiger partial charge in [-0.1, -0.05) is 72.8 Å². The number of rotatable bonds is 6. The van der Waals surface area contributed by atoms with Crippen molar-refractivity contribution in [2.45, 2.75) is 19.4 Å². The molecule has 0 radical (unpaired) electrons. The van der Waals surface area contributed by atoms with Crippen LogP contribution in [0.3, 0.4) is 0 Å². The van der Waals surface area contributed by atoms with E-state index in [1.165, 1.54) is 6.07 Å². The van der Waals surface area contributed by atoms with E-state index < -0.39 is 11.9 Å². The Kier molecular flexibility index (Phi) is 5.77. The number of hydroxylamine groups is 1. The molecule has 0 amide bonds. The van der Waals surface area contributed by atoms with E-state index in [4.69, 9.17) is 4.84 Å². The molecule has 0 aliphatic heterocycles. The molecule has 0 heterocycles. The molecule has 3 aromatic carbocycles. The highest BCUT2D eigenvalue weighted by Crippen LogP contribution is 2.26. The van der Waals surface area contributed by atoms with Crippen molar-refractivity contribution in [3.8, 4) is 11.1 Å². The van der Waals surface area contributed by atoms with Crippen LogP contribution in [-0.2, 0) is 16.2 Å². The van der Waals surface area contributed by atoms with Crippen LogP contribution in [0.15, 0.2) is 78.9 Å². The van der Waals surface area contributed by atoms with Crippen molar-refractivity contribution in [2.75, 3.05) is 0 Å². The average molecular weight is 349 g/mol. The third kappa shape index (κ3) is 4.35. The predicted molar refractivity (Wildman–Crippen MR) is 99.6 cm³/mol. The molecule has 3 aromatic rings. The molecule has 0 aliphatic carbocycles. The summed E-state index contributed by atoms with van der Waals surface area (Å²) in [6.07, 6.45) is 0. The second-order valence-electron chi connectivity index (χ2n) is 6.05. The Morgan fingerprint density at radius 1 is 1.00 bits per heavy atom. The van der Waals surface area contributed by atoms with Gasteiger partial charge >= 0.3 is 5.97 Å². The second kappa shape index (κ2) is 8.41. The molecule has 26 heavy (non-hydrogen) atoms. The number of benzene rings is 3. The summed E-state index contributed by atoms with van der Waals surface area (Å²) in [4.78, 5) is 17.3. The van der Waals surface area contributed by atoms with Crippen LogP contribution in [0.4, 0.5) is 4.39 Å². The summed E-state index contributed by atoms with van der Waals surface area (Å²) in [7, 11) is 0. The summed E-state index contributed by atoms with van der Waals surface area (Å²) < 4.78 is 14.5. The zero-order chi connectivity index (χ0) is 18.4. The van der Waals surface area contributed by atoms with Gasteiger partial charge in [0.05, 0.1) is 12.5 Å². The zero-order valence-electron chi connectivity index (χ0n) is 14.5. The summed E-state index contributed by atoms with van der Waals surface area (Å²) >= 11 is 0. The molecule has 0 spiro atoms. The van der Waals surface area contributed by atoms with E-state index in [-0.39, 0.29) is 5.82 Å². The van der Waals surface area contributed by atoms with Crippen LogP contribution in [0.5, 0.6) is 0 Å². The number of hydrogen-bond donors (Lipinski definition) is 1. The van der Waals surface area contributed by atoms with Crippen LogP contribution in [0.2, 0.25) is 0 Å². The number of hydrogen-bond acceptors (Lipinski definition) is 3. The average Bonchev–Trinajstić information content (AvgIpc) is 2.68. The Morgan fingerprint density at radius 2 is 1.65 bits per heavy atom. The SMILES string of the molecule is C[C@@H](C(=O)ONCc1ccccc1)c1ccc(-c2ccccc2)c(F)c1. The largest absolute Gasteiger partial charge is 0.370 e. The highest BCUT2D eigenvalue weighted by Gasteiger charge is 2.19. The predicted octanol–water partition coefficient (Wildman–Crippen LogP) is 4.84. The lowest BCUT2D eigenvalue weighted by molar-refractivity contribution is -0.153. The lowest BCUT2D eigenvalue weighted by atomic mass is 9.97. The van der Waals surface area contributed by atoms with E-state index in [9.17, 15) is 9.18 Å². The molecule has 0 fully saturated rings. The van der Waals surface area contributed by atoms with Crippen LogP contribution >= 0.6 is 0 Å². The van der Waals surface area contributed by atoms with Gasteiger partial charge in [0.25, 0.3) is 0 Å². The third-order valence-electron chi connectivity index (χ3n) is 4.22. The van der Waals surface area contributed by atoms with E-state index in [1.54, 1.807) is 19.1 Å². The lowest BCUT2D eigenvalue weighted by Gasteiger charge is -2.13. The monoisotopic (exact) mass is 349 g/mol. The number of carbonyl (C=O) groups excluding carboxylic acids is 1. The Labute approximate surface area is 152 Å². The normalized spacial score (nSPS) is 11.8. The van der Waals surface area contributed by atoms with E-state index in [0.29, 0.717) is 17.7 Å². The fourth-order valence-corrected chi connectivity index (χ4v) is 2.66. The lowest BCUT2D eigenvalue weighted by Crippen LogP contribution is -2.23. The first kappa shape index (κ1) is 17.8. The van der Waals surface area contributed by atoms with E-state index in [1.807, 2.05) is 60.7 Å². The number of halogens is 1.